The van der Waals surface area contributed by atoms with Crippen molar-refractivity contribution in [3.05, 3.63) is 34.3 Å². The van der Waals surface area contributed by atoms with Gasteiger partial charge in [0.25, 0.3) is 0 Å². The molecule has 0 spiro atoms. The molecule has 0 saturated heterocycles. The van der Waals surface area contributed by atoms with Crippen molar-refractivity contribution in [2.24, 2.45) is 7.05 Å². The van der Waals surface area contributed by atoms with E-state index in [9.17, 15) is 4.79 Å². The van der Waals surface area contributed by atoms with Gasteiger partial charge in [0.2, 0.25) is 0 Å². The lowest BCUT2D eigenvalue weighted by Gasteiger charge is -2.03. The van der Waals surface area contributed by atoms with E-state index in [1.807, 2.05) is 18.2 Å². The Morgan fingerprint density at radius 3 is 2.71 bits per heavy atom. The molecule has 0 aliphatic carbocycles. The van der Waals surface area contributed by atoms with Crippen LogP contribution in [0.4, 0.5) is 0 Å². The third kappa shape index (κ3) is 1.25. The Balaban J connectivity index is 2.73. The van der Waals surface area contributed by atoms with Crippen LogP contribution in [-0.4, -0.2) is 4.57 Å². The first kappa shape index (κ1) is 9.06. The second-order valence-electron chi connectivity index (χ2n) is 3.81. The molecule has 0 unspecified atom stereocenters. The Morgan fingerprint density at radius 1 is 1.36 bits per heavy atom. The van der Waals surface area contributed by atoms with Gasteiger partial charge in [0, 0.05) is 7.05 Å². The molecule has 14 heavy (non-hydrogen) atoms. The first-order valence-corrected chi connectivity index (χ1v) is 4.69. The molecule has 0 saturated carbocycles. The summed E-state index contributed by atoms with van der Waals surface area (Å²) in [5.41, 5.74) is 2.70. The Bertz CT molecular complexity index is 520. The lowest BCUT2D eigenvalue weighted by atomic mass is 10.0. The number of oxazole rings is 1. The molecule has 0 aliphatic rings. The molecule has 74 valence electrons. The van der Waals surface area contributed by atoms with Gasteiger partial charge in [-0.2, -0.15) is 0 Å². The fourth-order valence-electron chi connectivity index (χ4n) is 1.51. The minimum Gasteiger partial charge on any atom is -0.408 e. The molecule has 1 aromatic heterocycles. The molecule has 3 heteroatoms. The van der Waals surface area contributed by atoms with E-state index in [-0.39, 0.29) is 5.76 Å². The molecule has 0 bridgehead atoms. The number of hydrogen-bond donors (Lipinski definition) is 0. The standard InChI is InChI=1S/C11H13NO2/c1-7(2)8-4-5-9-10(6-8)14-11(13)12(9)3/h4-7H,1-3H3. The average molecular weight is 191 g/mol. The molecule has 1 heterocycles. The van der Waals surface area contributed by atoms with E-state index in [1.54, 1.807) is 7.05 Å². The number of aromatic nitrogens is 1. The zero-order chi connectivity index (χ0) is 10.3. The Hall–Kier alpha value is -1.51. The van der Waals surface area contributed by atoms with E-state index >= 15 is 0 Å². The van der Waals surface area contributed by atoms with Crippen molar-refractivity contribution >= 4 is 11.1 Å². The summed E-state index contributed by atoms with van der Waals surface area (Å²) in [4.78, 5) is 11.2. The van der Waals surface area contributed by atoms with Crippen molar-refractivity contribution in [1.82, 2.24) is 4.57 Å². The summed E-state index contributed by atoms with van der Waals surface area (Å²) in [7, 11) is 1.71. The predicted octanol–water partition coefficient (Wildman–Crippen LogP) is 2.25. The van der Waals surface area contributed by atoms with Crippen LogP contribution in [0.25, 0.3) is 11.1 Å². The van der Waals surface area contributed by atoms with Crippen molar-refractivity contribution in [3.8, 4) is 0 Å². The van der Waals surface area contributed by atoms with Gasteiger partial charge in [-0.15, -0.1) is 0 Å². The summed E-state index contributed by atoms with van der Waals surface area (Å²) in [6, 6.07) is 5.89. The quantitative estimate of drug-likeness (QED) is 0.693. The van der Waals surface area contributed by atoms with Crippen LogP contribution < -0.4 is 5.76 Å². The third-order valence-corrected chi connectivity index (χ3v) is 2.48. The summed E-state index contributed by atoms with van der Waals surface area (Å²) < 4.78 is 6.61. The fraction of sp³-hybridized carbons (Fsp3) is 0.364. The highest BCUT2D eigenvalue weighted by Crippen LogP contribution is 2.19. The van der Waals surface area contributed by atoms with E-state index in [0.29, 0.717) is 11.5 Å². The van der Waals surface area contributed by atoms with Gasteiger partial charge in [0.1, 0.15) is 0 Å². The number of hydrogen-bond acceptors (Lipinski definition) is 2. The maximum absolute atomic E-state index is 11.2. The van der Waals surface area contributed by atoms with Crippen LogP contribution in [0, 0.1) is 0 Å². The highest BCUT2D eigenvalue weighted by atomic mass is 16.4. The largest absolute Gasteiger partial charge is 0.419 e. The van der Waals surface area contributed by atoms with E-state index in [2.05, 4.69) is 13.8 Å². The summed E-state index contributed by atoms with van der Waals surface area (Å²) >= 11 is 0. The average Bonchev–Trinajstić information content (AvgIpc) is 2.42. The number of aryl methyl sites for hydroxylation is 1. The first-order chi connectivity index (χ1) is 6.59. The van der Waals surface area contributed by atoms with Crippen LogP contribution in [0.15, 0.2) is 27.4 Å². The Morgan fingerprint density at radius 2 is 2.07 bits per heavy atom. The minimum absolute atomic E-state index is 0.305. The van der Waals surface area contributed by atoms with Gasteiger partial charge < -0.3 is 4.42 Å². The summed E-state index contributed by atoms with van der Waals surface area (Å²) in [5, 5.41) is 0. The van der Waals surface area contributed by atoms with Crippen molar-refractivity contribution < 1.29 is 4.42 Å². The van der Waals surface area contributed by atoms with Crippen LogP contribution in [-0.2, 0) is 7.05 Å². The molecule has 0 N–H and O–H groups in total. The Labute approximate surface area is 82.0 Å². The third-order valence-electron chi connectivity index (χ3n) is 2.48. The molecule has 0 aliphatic heterocycles. The van der Waals surface area contributed by atoms with Gasteiger partial charge in [0.15, 0.2) is 5.58 Å². The van der Waals surface area contributed by atoms with Gasteiger partial charge >= 0.3 is 5.76 Å². The smallest absolute Gasteiger partial charge is 0.408 e. The molecule has 0 atom stereocenters. The number of benzene rings is 1. The van der Waals surface area contributed by atoms with E-state index in [1.165, 1.54) is 10.1 Å². The molecular formula is C11H13NO2. The van der Waals surface area contributed by atoms with Gasteiger partial charge in [-0.3, -0.25) is 4.57 Å². The molecule has 2 rings (SSSR count). The molecule has 2 aromatic rings. The molecule has 0 radical (unpaired) electrons. The van der Waals surface area contributed by atoms with Gasteiger partial charge in [-0.05, 0) is 23.6 Å². The lowest BCUT2D eigenvalue weighted by molar-refractivity contribution is 0.527. The Kier molecular flexibility index (Phi) is 1.95. The highest BCUT2D eigenvalue weighted by molar-refractivity contribution is 5.73. The zero-order valence-corrected chi connectivity index (χ0v) is 8.57. The van der Waals surface area contributed by atoms with E-state index in [0.717, 1.165) is 5.52 Å². The SMILES string of the molecule is CC(C)c1ccc2c(c1)oc(=O)n2C. The number of nitrogens with zero attached hydrogens (tertiary/aromatic N) is 1. The summed E-state index contributed by atoms with van der Waals surface area (Å²) in [6.07, 6.45) is 0. The molecular weight excluding hydrogens is 178 g/mol. The summed E-state index contributed by atoms with van der Waals surface area (Å²) in [6.45, 7) is 4.23. The van der Waals surface area contributed by atoms with Crippen LogP contribution in [0.1, 0.15) is 25.3 Å². The van der Waals surface area contributed by atoms with Gasteiger partial charge in [-0.1, -0.05) is 19.9 Å². The first-order valence-electron chi connectivity index (χ1n) is 4.69. The van der Waals surface area contributed by atoms with Gasteiger partial charge in [0.05, 0.1) is 5.52 Å². The fourth-order valence-corrected chi connectivity index (χ4v) is 1.51. The highest BCUT2D eigenvalue weighted by Gasteiger charge is 2.07. The maximum Gasteiger partial charge on any atom is 0.419 e. The maximum atomic E-state index is 11.2. The number of fused-ring (bicyclic) bond motifs is 1. The van der Waals surface area contributed by atoms with Crippen LogP contribution in [0.2, 0.25) is 0 Å². The van der Waals surface area contributed by atoms with Gasteiger partial charge in [-0.25, -0.2) is 4.79 Å². The molecule has 0 fully saturated rings. The van der Waals surface area contributed by atoms with E-state index < -0.39 is 0 Å². The monoisotopic (exact) mass is 191 g/mol. The topological polar surface area (TPSA) is 35.1 Å². The van der Waals surface area contributed by atoms with Crippen molar-refractivity contribution in [2.75, 3.05) is 0 Å². The normalized spacial score (nSPS) is 11.4. The van der Waals surface area contributed by atoms with Crippen molar-refractivity contribution in [1.29, 1.82) is 0 Å². The zero-order valence-electron chi connectivity index (χ0n) is 8.57. The van der Waals surface area contributed by atoms with E-state index in [4.69, 9.17) is 4.42 Å². The predicted molar refractivity (Wildman–Crippen MR) is 55.5 cm³/mol. The lowest BCUT2D eigenvalue weighted by Crippen LogP contribution is -2.08. The number of rotatable bonds is 1. The van der Waals surface area contributed by atoms with Crippen LogP contribution >= 0.6 is 0 Å². The molecule has 3 nitrogen and oxygen atoms in total. The second-order valence-corrected chi connectivity index (χ2v) is 3.81. The molecule has 0 amide bonds. The van der Waals surface area contributed by atoms with Crippen LogP contribution in [0.5, 0.6) is 0 Å². The van der Waals surface area contributed by atoms with Crippen molar-refractivity contribution in [2.45, 2.75) is 19.8 Å². The van der Waals surface area contributed by atoms with Crippen molar-refractivity contribution in [3.63, 3.8) is 0 Å². The second kappa shape index (κ2) is 3.01. The molecule has 1 aromatic carbocycles. The van der Waals surface area contributed by atoms with Crippen LogP contribution in [0.3, 0.4) is 0 Å². The summed E-state index contributed by atoms with van der Waals surface area (Å²) in [5.74, 6) is 0.144. The minimum atomic E-state index is -0.305.